The Bertz CT molecular complexity index is 804. The minimum Gasteiger partial charge on any atom is -0.464 e. The van der Waals surface area contributed by atoms with E-state index in [4.69, 9.17) is 4.42 Å². The predicted molar refractivity (Wildman–Crippen MR) is 81.7 cm³/mol. The molecule has 112 valence electrons. The third-order valence-electron chi connectivity index (χ3n) is 3.18. The Morgan fingerprint density at radius 3 is 2.82 bits per heavy atom. The van der Waals surface area contributed by atoms with E-state index >= 15 is 0 Å². The van der Waals surface area contributed by atoms with Gasteiger partial charge in [-0.3, -0.25) is 4.79 Å². The molecule has 0 aliphatic rings. The Kier molecular flexibility index (Phi) is 3.74. The van der Waals surface area contributed by atoms with Gasteiger partial charge in [0.2, 0.25) is 0 Å². The van der Waals surface area contributed by atoms with Crippen molar-refractivity contribution in [2.75, 3.05) is 5.32 Å². The van der Waals surface area contributed by atoms with Crippen molar-refractivity contribution in [3.8, 4) is 0 Å². The van der Waals surface area contributed by atoms with Crippen LogP contribution in [0.3, 0.4) is 0 Å². The fraction of sp³-hybridized carbons (Fsp3) is 0.188. The van der Waals surface area contributed by atoms with Gasteiger partial charge in [0.15, 0.2) is 0 Å². The van der Waals surface area contributed by atoms with Gasteiger partial charge >= 0.3 is 0 Å². The summed E-state index contributed by atoms with van der Waals surface area (Å²) in [4.78, 5) is 16.4. The molecular formula is C16H16N4O2. The van der Waals surface area contributed by atoms with E-state index in [0.717, 1.165) is 17.2 Å². The fourth-order valence-corrected chi connectivity index (χ4v) is 2.13. The van der Waals surface area contributed by atoms with Crippen molar-refractivity contribution >= 4 is 11.7 Å². The largest absolute Gasteiger partial charge is 0.464 e. The molecule has 0 saturated carbocycles. The highest BCUT2D eigenvalue weighted by Crippen LogP contribution is 2.13. The first-order chi connectivity index (χ1) is 10.6. The van der Waals surface area contributed by atoms with Crippen molar-refractivity contribution in [2.24, 2.45) is 0 Å². The summed E-state index contributed by atoms with van der Waals surface area (Å²) in [5.41, 5.74) is 1.17. The van der Waals surface area contributed by atoms with Gasteiger partial charge in [-0.1, -0.05) is 6.07 Å². The molecule has 0 spiro atoms. The summed E-state index contributed by atoms with van der Waals surface area (Å²) in [5.74, 6) is 1.96. The van der Waals surface area contributed by atoms with Gasteiger partial charge in [0, 0.05) is 11.8 Å². The Balaban J connectivity index is 1.76. The summed E-state index contributed by atoms with van der Waals surface area (Å²) in [5, 5.41) is 7.02. The van der Waals surface area contributed by atoms with Gasteiger partial charge in [-0.2, -0.15) is 5.10 Å². The average Bonchev–Trinajstić information content (AvgIpc) is 3.09. The second-order valence-corrected chi connectivity index (χ2v) is 5.00. The lowest BCUT2D eigenvalue weighted by atomic mass is 10.3. The van der Waals surface area contributed by atoms with Crippen molar-refractivity contribution in [2.45, 2.75) is 20.4 Å². The van der Waals surface area contributed by atoms with Crippen LogP contribution in [0.2, 0.25) is 0 Å². The average molecular weight is 296 g/mol. The third-order valence-corrected chi connectivity index (χ3v) is 3.18. The van der Waals surface area contributed by atoms with Crippen molar-refractivity contribution < 1.29 is 9.21 Å². The van der Waals surface area contributed by atoms with Crippen LogP contribution in [-0.2, 0) is 6.54 Å². The molecule has 0 radical (unpaired) electrons. The third kappa shape index (κ3) is 3.06. The Morgan fingerprint density at radius 2 is 2.09 bits per heavy atom. The lowest BCUT2D eigenvalue weighted by Crippen LogP contribution is -2.17. The molecule has 0 saturated heterocycles. The van der Waals surface area contributed by atoms with Gasteiger partial charge in [-0.15, -0.1) is 0 Å². The second kappa shape index (κ2) is 5.85. The van der Waals surface area contributed by atoms with Crippen LogP contribution in [0.5, 0.6) is 0 Å². The number of pyridine rings is 1. The molecule has 0 aliphatic carbocycles. The number of nitrogens with zero attached hydrogens (tertiary/aromatic N) is 3. The van der Waals surface area contributed by atoms with E-state index in [9.17, 15) is 4.79 Å². The van der Waals surface area contributed by atoms with Crippen LogP contribution < -0.4 is 5.32 Å². The number of hydrogen-bond acceptors (Lipinski definition) is 4. The summed E-state index contributed by atoms with van der Waals surface area (Å²) >= 11 is 0. The van der Waals surface area contributed by atoms with Crippen LogP contribution in [0.4, 0.5) is 5.82 Å². The summed E-state index contributed by atoms with van der Waals surface area (Å²) in [7, 11) is 0. The molecule has 3 heterocycles. The van der Waals surface area contributed by atoms with Crippen LogP contribution in [0, 0.1) is 13.8 Å². The molecule has 3 aromatic rings. The summed E-state index contributed by atoms with van der Waals surface area (Å²) in [6.07, 6.45) is 1.63. The quantitative estimate of drug-likeness (QED) is 0.803. The fourth-order valence-electron chi connectivity index (χ4n) is 2.13. The van der Waals surface area contributed by atoms with Crippen LogP contribution in [0.15, 0.2) is 47.0 Å². The van der Waals surface area contributed by atoms with E-state index in [1.165, 1.54) is 0 Å². The van der Waals surface area contributed by atoms with E-state index in [0.29, 0.717) is 18.1 Å². The van der Waals surface area contributed by atoms with Gasteiger partial charge in [0.05, 0.1) is 6.20 Å². The van der Waals surface area contributed by atoms with E-state index in [2.05, 4.69) is 15.4 Å². The van der Waals surface area contributed by atoms with Crippen LogP contribution in [-0.4, -0.2) is 20.7 Å². The van der Waals surface area contributed by atoms with Crippen LogP contribution >= 0.6 is 0 Å². The summed E-state index contributed by atoms with van der Waals surface area (Å²) < 4.78 is 7.20. The number of amides is 1. The highest BCUT2D eigenvalue weighted by Gasteiger charge is 2.12. The van der Waals surface area contributed by atoms with Gasteiger partial charge in [-0.25, -0.2) is 9.67 Å². The molecule has 0 atom stereocenters. The maximum atomic E-state index is 12.2. The first-order valence-electron chi connectivity index (χ1n) is 6.94. The molecule has 0 fully saturated rings. The van der Waals surface area contributed by atoms with Crippen LogP contribution in [0.1, 0.15) is 27.7 Å². The highest BCUT2D eigenvalue weighted by molar-refractivity contribution is 6.02. The standard InChI is InChI=1S/C16H16N4O2/c1-11-4-3-5-14(18-11)16(21)19-15-8-9-17-20(15)10-13-7-6-12(2)22-13/h3-9H,10H2,1-2H3,(H,19,21). The minimum absolute atomic E-state index is 0.263. The Morgan fingerprint density at radius 1 is 1.23 bits per heavy atom. The molecule has 0 unspecified atom stereocenters. The molecule has 6 nitrogen and oxygen atoms in total. The van der Waals surface area contributed by atoms with Crippen molar-refractivity contribution in [3.05, 3.63) is 65.5 Å². The maximum absolute atomic E-state index is 12.2. The SMILES string of the molecule is Cc1cccc(C(=O)Nc2ccnn2Cc2ccc(C)o2)n1. The Labute approximate surface area is 127 Å². The van der Waals surface area contributed by atoms with E-state index in [1.54, 1.807) is 29.1 Å². The zero-order valence-electron chi connectivity index (χ0n) is 12.4. The molecule has 3 aromatic heterocycles. The van der Waals surface area contributed by atoms with Gasteiger partial charge in [0.1, 0.15) is 29.6 Å². The molecule has 0 aliphatic heterocycles. The molecule has 0 bridgehead atoms. The topological polar surface area (TPSA) is 73.0 Å². The zero-order valence-corrected chi connectivity index (χ0v) is 12.4. The lowest BCUT2D eigenvalue weighted by Gasteiger charge is -2.08. The maximum Gasteiger partial charge on any atom is 0.275 e. The number of carbonyl (C=O) groups is 1. The van der Waals surface area contributed by atoms with E-state index in [-0.39, 0.29) is 5.91 Å². The number of aryl methyl sites for hydroxylation is 2. The zero-order chi connectivity index (χ0) is 15.5. The molecule has 6 heteroatoms. The monoisotopic (exact) mass is 296 g/mol. The summed E-state index contributed by atoms with van der Waals surface area (Å²) in [6.45, 7) is 4.19. The number of nitrogens with one attached hydrogen (secondary N) is 1. The normalized spacial score (nSPS) is 10.6. The van der Waals surface area contributed by atoms with Crippen molar-refractivity contribution in [1.82, 2.24) is 14.8 Å². The molecule has 1 amide bonds. The summed E-state index contributed by atoms with van der Waals surface area (Å²) in [6, 6.07) is 10.9. The van der Waals surface area contributed by atoms with Gasteiger partial charge in [-0.05, 0) is 38.1 Å². The van der Waals surface area contributed by atoms with Gasteiger partial charge in [0.25, 0.3) is 5.91 Å². The number of anilines is 1. The van der Waals surface area contributed by atoms with Crippen molar-refractivity contribution in [1.29, 1.82) is 0 Å². The molecule has 22 heavy (non-hydrogen) atoms. The molecular weight excluding hydrogens is 280 g/mol. The highest BCUT2D eigenvalue weighted by atomic mass is 16.3. The first kappa shape index (κ1) is 14.1. The number of hydrogen-bond donors (Lipinski definition) is 1. The molecule has 1 N–H and O–H groups in total. The van der Waals surface area contributed by atoms with Gasteiger partial charge < -0.3 is 9.73 Å². The van der Waals surface area contributed by atoms with Crippen LogP contribution in [0.25, 0.3) is 0 Å². The van der Waals surface area contributed by atoms with Crippen molar-refractivity contribution in [3.63, 3.8) is 0 Å². The first-order valence-corrected chi connectivity index (χ1v) is 6.94. The Hall–Kier alpha value is -2.89. The van der Waals surface area contributed by atoms with E-state index in [1.807, 2.05) is 32.0 Å². The minimum atomic E-state index is -0.263. The lowest BCUT2D eigenvalue weighted by molar-refractivity contribution is 0.102. The second-order valence-electron chi connectivity index (χ2n) is 5.00. The number of furan rings is 1. The number of rotatable bonds is 4. The smallest absolute Gasteiger partial charge is 0.275 e. The van der Waals surface area contributed by atoms with E-state index < -0.39 is 0 Å². The molecule has 3 rings (SSSR count). The molecule has 0 aromatic carbocycles. The number of aromatic nitrogens is 3. The predicted octanol–water partition coefficient (Wildman–Crippen LogP) is 2.79. The number of carbonyl (C=O) groups excluding carboxylic acids is 1.